The minimum absolute atomic E-state index is 0.778. The van der Waals surface area contributed by atoms with Gasteiger partial charge in [0.2, 0.25) is 0 Å². The lowest BCUT2D eigenvalue weighted by Gasteiger charge is -1.82. The van der Waals surface area contributed by atoms with Crippen molar-refractivity contribution in [2.75, 3.05) is 13.2 Å². The molecule has 0 aromatic heterocycles. The zero-order valence-electron chi connectivity index (χ0n) is 5.13. The topological polar surface area (TPSA) is 96.2 Å². The lowest BCUT2D eigenvalue weighted by molar-refractivity contribution is -0.248. The molecule has 62 valence electrons. The first-order chi connectivity index (χ1) is 4.50. The van der Waals surface area contributed by atoms with Crippen molar-refractivity contribution in [1.82, 2.24) is 0 Å². The second kappa shape index (κ2) is 4.79. The molecule has 1 fully saturated rings. The fourth-order valence-corrected chi connectivity index (χ4v) is 0.295. The van der Waals surface area contributed by atoms with Crippen LogP contribution >= 0.6 is 7.82 Å². The molecule has 6 nitrogen and oxygen atoms in total. The minimum atomic E-state index is -4.64. The van der Waals surface area contributed by atoms with E-state index < -0.39 is 7.82 Å². The van der Waals surface area contributed by atoms with Gasteiger partial charge in [0, 0.05) is 6.42 Å². The van der Waals surface area contributed by atoms with Crippen molar-refractivity contribution in [2.45, 2.75) is 6.42 Å². The fraction of sp³-hybridized carbons (Fsp3) is 1.00. The standard InChI is InChI=1S/C3H6O2.H3O4P/c1-2-4-5-3-1;1-5(2,3)4/h1-3H2;(H3,1,2,3,4). The van der Waals surface area contributed by atoms with Gasteiger partial charge in [-0.15, -0.1) is 0 Å². The third-order valence-electron chi connectivity index (χ3n) is 0.539. The summed E-state index contributed by atoms with van der Waals surface area (Å²) >= 11 is 0. The highest BCUT2D eigenvalue weighted by molar-refractivity contribution is 7.45. The van der Waals surface area contributed by atoms with Gasteiger partial charge in [-0.05, 0) is 0 Å². The molecule has 3 N–H and O–H groups in total. The van der Waals surface area contributed by atoms with Crippen molar-refractivity contribution in [3.05, 3.63) is 0 Å². The second-order valence-corrected chi connectivity index (χ2v) is 2.54. The summed E-state index contributed by atoms with van der Waals surface area (Å²) in [5.74, 6) is 0. The van der Waals surface area contributed by atoms with E-state index in [-0.39, 0.29) is 0 Å². The molecule has 0 spiro atoms. The van der Waals surface area contributed by atoms with Crippen LogP contribution in [0.15, 0.2) is 0 Å². The van der Waals surface area contributed by atoms with Gasteiger partial charge in [-0.1, -0.05) is 0 Å². The first-order valence-corrected chi connectivity index (χ1v) is 4.09. The maximum atomic E-state index is 8.88. The quantitative estimate of drug-likeness (QED) is 0.334. The predicted molar refractivity (Wildman–Crippen MR) is 30.8 cm³/mol. The lowest BCUT2D eigenvalue weighted by Crippen LogP contribution is -1.72. The molecule has 0 aromatic rings. The smallest absolute Gasteiger partial charge is 0.303 e. The average Bonchev–Trinajstić information content (AvgIpc) is 2.07. The summed E-state index contributed by atoms with van der Waals surface area (Å²) < 4.78 is 8.88. The van der Waals surface area contributed by atoms with Gasteiger partial charge in [0.15, 0.2) is 0 Å². The Morgan fingerprint density at radius 2 is 1.40 bits per heavy atom. The maximum absolute atomic E-state index is 8.88. The highest BCUT2D eigenvalue weighted by atomic mass is 31.2. The summed E-state index contributed by atoms with van der Waals surface area (Å²) in [5.41, 5.74) is 0. The first kappa shape index (κ1) is 10.0. The molecule has 0 amide bonds. The van der Waals surface area contributed by atoms with Crippen LogP contribution in [0.1, 0.15) is 6.42 Å². The molecule has 1 heterocycles. The Hall–Kier alpha value is 0.0300. The number of phosphoric acid groups is 1. The molecule has 0 aromatic carbocycles. The summed E-state index contributed by atoms with van der Waals surface area (Å²) in [6.07, 6.45) is 1.06. The second-order valence-electron chi connectivity index (χ2n) is 1.51. The fourth-order valence-electron chi connectivity index (χ4n) is 0.295. The van der Waals surface area contributed by atoms with E-state index in [0.29, 0.717) is 0 Å². The van der Waals surface area contributed by atoms with E-state index in [1.807, 2.05) is 0 Å². The van der Waals surface area contributed by atoms with Crippen LogP contribution in [0.3, 0.4) is 0 Å². The summed E-state index contributed by atoms with van der Waals surface area (Å²) in [5, 5.41) is 0. The molecule has 1 saturated heterocycles. The molecule has 0 radical (unpaired) electrons. The van der Waals surface area contributed by atoms with Crippen LogP contribution in [0.4, 0.5) is 0 Å². The monoisotopic (exact) mass is 172 g/mol. The molecule has 10 heavy (non-hydrogen) atoms. The summed E-state index contributed by atoms with van der Waals surface area (Å²) in [6.45, 7) is 1.56. The van der Waals surface area contributed by atoms with E-state index >= 15 is 0 Å². The van der Waals surface area contributed by atoms with Crippen LogP contribution in [0.2, 0.25) is 0 Å². The van der Waals surface area contributed by atoms with Crippen LogP contribution in [0.25, 0.3) is 0 Å². The van der Waals surface area contributed by atoms with E-state index in [1.165, 1.54) is 0 Å². The maximum Gasteiger partial charge on any atom is 0.466 e. The molecule has 0 atom stereocenters. The van der Waals surface area contributed by atoms with Crippen LogP contribution in [0.5, 0.6) is 0 Å². The van der Waals surface area contributed by atoms with Gasteiger partial charge in [0.1, 0.15) is 0 Å². The largest absolute Gasteiger partial charge is 0.466 e. The van der Waals surface area contributed by atoms with Crippen LogP contribution in [-0.2, 0) is 14.3 Å². The first-order valence-electron chi connectivity index (χ1n) is 2.53. The third-order valence-corrected chi connectivity index (χ3v) is 0.539. The SMILES string of the molecule is C1COOC1.O=P(O)(O)O. The highest BCUT2D eigenvalue weighted by Gasteiger charge is 2.00. The van der Waals surface area contributed by atoms with E-state index in [4.69, 9.17) is 19.2 Å². The molecular formula is C3H9O6P. The van der Waals surface area contributed by atoms with Gasteiger partial charge in [-0.25, -0.2) is 14.3 Å². The Balaban J connectivity index is 0.000000162. The number of rotatable bonds is 0. The van der Waals surface area contributed by atoms with E-state index in [1.54, 1.807) is 0 Å². The molecule has 0 saturated carbocycles. The zero-order chi connectivity index (χ0) is 8.04. The van der Waals surface area contributed by atoms with Gasteiger partial charge in [-0.2, -0.15) is 0 Å². The van der Waals surface area contributed by atoms with Gasteiger partial charge in [0.25, 0.3) is 0 Å². The molecule has 0 unspecified atom stereocenters. The van der Waals surface area contributed by atoms with Crippen molar-refractivity contribution >= 4 is 7.82 Å². The van der Waals surface area contributed by atoms with E-state index in [9.17, 15) is 0 Å². The van der Waals surface area contributed by atoms with Gasteiger partial charge >= 0.3 is 7.82 Å². The van der Waals surface area contributed by atoms with Crippen molar-refractivity contribution < 1.29 is 29.0 Å². The summed E-state index contributed by atoms with van der Waals surface area (Å²) in [4.78, 5) is 30.5. The third kappa shape index (κ3) is 15.7. The summed E-state index contributed by atoms with van der Waals surface area (Å²) in [7, 11) is -4.64. The Kier molecular flexibility index (Phi) is 4.80. The molecule has 0 bridgehead atoms. The number of hydrogen-bond acceptors (Lipinski definition) is 3. The van der Waals surface area contributed by atoms with Crippen molar-refractivity contribution in [1.29, 1.82) is 0 Å². The van der Waals surface area contributed by atoms with Crippen molar-refractivity contribution in [3.8, 4) is 0 Å². The average molecular weight is 172 g/mol. The minimum Gasteiger partial charge on any atom is -0.303 e. The van der Waals surface area contributed by atoms with Gasteiger partial charge < -0.3 is 14.7 Å². The molecule has 1 aliphatic rings. The highest BCUT2D eigenvalue weighted by Crippen LogP contribution is 2.25. The van der Waals surface area contributed by atoms with Gasteiger partial charge in [0.05, 0.1) is 13.2 Å². The van der Waals surface area contributed by atoms with Crippen molar-refractivity contribution in [3.63, 3.8) is 0 Å². The molecule has 1 aliphatic heterocycles. The predicted octanol–water partition coefficient (Wildman–Crippen LogP) is -0.590. The van der Waals surface area contributed by atoms with Gasteiger partial charge in [-0.3, -0.25) is 0 Å². The van der Waals surface area contributed by atoms with Crippen LogP contribution in [0, 0.1) is 0 Å². The number of hydrogen-bond donors (Lipinski definition) is 3. The van der Waals surface area contributed by atoms with E-state index in [2.05, 4.69) is 9.78 Å². The molecule has 7 heteroatoms. The Morgan fingerprint density at radius 1 is 1.10 bits per heavy atom. The zero-order valence-corrected chi connectivity index (χ0v) is 6.03. The Bertz CT molecular complexity index is 98.3. The molecule has 0 aliphatic carbocycles. The van der Waals surface area contributed by atoms with Crippen LogP contribution < -0.4 is 0 Å². The Morgan fingerprint density at radius 3 is 1.50 bits per heavy atom. The van der Waals surface area contributed by atoms with E-state index in [0.717, 1.165) is 19.6 Å². The van der Waals surface area contributed by atoms with Crippen molar-refractivity contribution in [2.24, 2.45) is 0 Å². The molecule has 1 rings (SSSR count). The lowest BCUT2D eigenvalue weighted by atomic mass is 10.5. The molecular weight excluding hydrogens is 163 g/mol. The van der Waals surface area contributed by atoms with Crippen LogP contribution in [-0.4, -0.2) is 27.9 Å². The Labute approximate surface area is 57.6 Å². The normalized spacial score (nSPS) is 17.9. The summed E-state index contributed by atoms with van der Waals surface area (Å²) in [6, 6.07) is 0.